The molecule has 0 saturated heterocycles. The van der Waals surface area contributed by atoms with Crippen LogP contribution in [0.2, 0.25) is 0 Å². The first-order valence-electron chi connectivity index (χ1n) is 6.20. The van der Waals surface area contributed by atoms with Crippen LogP contribution >= 0.6 is 0 Å². The Morgan fingerprint density at radius 2 is 2.21 bits per heavy atom. The maximum absolute atomic E-state index is 11.6. The summed E-state index contributed by atoms with van der Waals surface area (Å²) in [5.74, 6) is -0.368. The van der Waals surface area contributed by atoms with E-state index in [0.717, 1.165) is 11.3 Å². The summed E-state index contributed by atoms with van der Waals surface area (Å²) >= 11 is 0. The highest BCUT2D eigenvalue weighted by atomic mass is 16.5. The van der Waals surface area contributed by atoms with E-state index in [0.29, 0.717) is 12.2 Å². The van der Waals surface area contributed by atoms with Crippen molar-refractivity contribution >= 4 is 5.97 Å². The molecule has 5 nitrogen and oxygen atoms in total. The molecule has 1 atom stereocenters. The average Bonchev–Trinajstić information content (AvgIpc) is 2.88. The molecule has 2 aromatic rings. The minimum Gasteiger partial charge on any atom is -0.462 e. The molecule has 19 heavy (non-hydrogen) atoms. The van der Waals surface area contributed by atoms with Crippen LogP contribution in [-0.4, -0.2) is 22.4 Å². The molecule has 0 spiro atoms. The molecule has 0 amide bonds. The van der Waals surface area contributed by atoms with Crippen molar-refractivity contribution in [1.29, 1.82) is 0 Å². The van der Waals surface area contributed by atoms with E-state index in [4.69, 9.17) is 10.5 Å². The van der Waals surface area contributed by atoms with Crippen molar-refractivity contribution in [3.05, 3.63) is 47.8 Å². The Hall–Kier alpha value is -2.14. The molecule has 0 aliphatic rings. The van der Waals surface area contributed by atoms with E-state index in [1.807, 2.05) is 31.2 Å². The zero-order chi connectivity index (χ0) is 13.8. The van der Waals surface area contributed by atoms with Gasteiger partial charge in [0.25, 0.3) is 0 Å². The molecule has 2 N–H and O–H groups in total. The second-order valence-corrected chi connectivity index (χ2v) is 4.24. The lowest BCUT2D eigenvalue weighted by atomic mass is 10.1. The highest BCUT2D eigenvalue weighted by Crippen LogP contribution is 2.19. The molecular formula is C14H17N3O2. The maximum atomic E-state index is 11.6. The van der Waals surface area contributed by atoms with Crippen molar-refractivity contribution in [3.8, 4) is 5.69 Å². The van der Waals surface area contributed by atoms with Gasteiger partial charge in [0.1, 0.15) is 0 Å². The van der Waals surface area contributed by atoms with Gasteiger partial charge in [0.05, 0.1) is 24.1 Å². The fraction of sp³-hybridized carbons (Fsp3) is 0.286. The molecule has 0 unspecified atom stereocenters. The first-order chi connectivity index (χ1) is 9.13. The number of para-hydroxylation sites is 1. The number of nitrogens with zero attached hydrogens (tertiary/aromatic N) is 2. The number of hydrogen-bond donors (Lipinski definition) is 1. The number of rotatable bonds is 4. The molecule has 1 heterocycles. The number of nitrogens with two attached hydrogens (primary N) is 1. The van der Waals surface area contributed by atoms with Gasteiger partial charge in [0.2, 0.25) is 0 Å². The summed E-state index contributed by atoms with van der Waals surface area (Å²) in [6.45, 7) is 4.03. The lowest BCUT2D eigenvalue weighted by Gasteiger charge is -2.12. The normalized spacial score (nSPS) is 12.2. The molecule has 1 aromatic carbocycles. The lowest BCUT2D eigenvalue weighted by molar-refractivity contribution is 0.0526. The quantitative estimate of drug-likeness (QED) is 0.853. The van der Waals surface area contributed by atoms with E-state index in [1.54, 1.807) is 17.8 Å². The molecule has 100 valence electrons. The van der Waals surface area contributed by atoms with Gasteiger partial charge in [-0.2, -0.15) is 5.10 Å². The lowest BCUT2D eigenvalue weighted by Crippen LogP contribution is -2.10. The van der Waals surface area contributed by atoms with Crippen molar-refractivity contribution in [2.45, 2.75) is 19.9 Å². The van der Waals surface area contributed by atoms with E-state index in [2.05, 4.69) is 5.10 Å². The first-order valence-corrected chi connectivity index (χ1v) is 6.20. The maximum Gasteiger partial charge on any atom is 0.341 e. The van der Waals surface area contributed by atoms with Gasteiger partial charge in [0.15, 0.2) is 0 Å². The van der Waals surface area contributed by atoms with E-state index >= 15 is 0 Å². The standard InChI is InChI=1S/C14H17N3O2/c1-3-19-14(18)11-8-16-17(9-11)13-7-5-4-6-12(13)10(2)15/h4-10H,3,15H2,1-2H3/t10-/m0/s1. The third-order valence-electron chi connectivity index (χ3n) is 2.77. The summed E-state index contributed by atoms with van der Waals surface area (Å²) in [4.78, 5) is 11.6. The van der Waals surface area contributed by atoms with Crippen LogP contribution in [0.25, 0.3) is 5.69 Å². The SMILES string of the molecule is CCOC(=O)c1cnn(-c2ccccc2[C@H](C)N)c1. The van der Waals surface area contributed by atoms with Crippen molar-refractivity contribution < 1.29 is 9.53 Å². The fourth-order valence-electron chi connectivity index (χ4n) is 1.86. The van der Waals surface area contributed by atoms with Gasteiger partial charge < -0.3 is 10.5 Å². The topological polar surface area (TPSA) is 70.1 Å². The van der Waals surface area contributed by atoms with Gasteiger partial charge in [-0.1, -0.05) is 18.2 Å². The molecule has 0 bridgehead atoms. The van der Waals surface area contributed by atoms with Crippen molar-refractivity contribution in [1.82, 2.24) is 9.78 Å². The average molecular weight is 259 g/mol. The Morgan fingerprint density at radius 3 is 2.89 bits per heavy atom. The highest BCUT2D eigenvalue weighted by molar-refractivity contribution is 5.88. The number of ether oxygens (including phenoxy) is 1. The fourth-order valence-corrected chi connectivity index (χ4v) is 1.86. The monoisotopic (exact) mass is 259 g/mol. The number of aromatic nitrogens is 2. The van der Waals surface area contributed by atoms with Crippen molar-refractivity contribution in [2.75, 3.05) is 6.61 Å². The minimum atomic E-state index is -0.368. The van der Waals surface area contributed by atoms with Gasteiger partial charge >= 0.3 is 5.97 Å². The van der Waals surface area contributed by atoms with E-state index in [9.17, 15) is 4.79 Å². The molecule has 1 aromatic heterocycles. The van der Waals surface area contributed by atoms with E-state index in [1.165, 1.54) is 6.20 Å². The van der Waals surface area contributed by atoms with Crippen LogP contribution in [0.5, 0.6) is 0 Å². The molecule has 2 rings (SSSR count). The third kappa shape index (κ3) is 2.82. The Kier molecular flexibility index (Phi) is 3.97. The van der Waals surface area contributed by atoms with Gasteiger partial charge in [-0.3, -0.25) is 0 Å². The molecule has 0 aliphatic heterocycles. The zero-order valence-electron chi connectivity index (χ0n) is 11.0. The Morgan fingerprint density at radius 1 is 1.47 bits per heavy atom. The Bertz CT molecular complexity index is 576. The predicted octanol–water partition coefficient (Wildman–Crippen LogP) is 2.07. The molecule has 0 aliphatic carbocycles. The predicted molar refractivity (Wildman–Crippen MR) is 72.1 cm³/mol. The molecule has 5 heteroatoms. The number of carbonyl (C=O) groups excluding carboxylic acids is 1. The summed E-state index contributed by atoms with van der Waals surface area (Å²) in [6, 6.07) is 7.60. The number of hydrogen-bond acceptors (Lipinski definition) is 4. The van der Waals surface area contributed by atoms with E-state index < -0.39 is 0 Å². The van der Waals surface area contributed by atoms with Crippen LogP contribution in [0.4, 0.5) is 0 Å². The van der Waals surface area contributed by atoms with Gasteiger partial charge in [-0.05, 0) is 25.5 Å². The summed E-state index contributed by atoms with van der Waals surface area (Å²) in [5, 5.41) is 4.19. The summed E-state index contributed by atoms with van der Waals surface area (Å²) in [6.07, 6.45) is 3.15. The second-order valence-electron chi connectivity index (χ2n) is 4.24. The largest absolute Gasteiger partial charge is 0.462 e. The summed E-state index contributed by atoms with van der Waals surface area (Å²) in [7, 11) is 0. The van der Waals surface area contributed by atoms with E-state index in [-0.39, 0.29) is 12.0 Å². The first kappa shape index (κ1) is 13.3. The van der Waals surface area contributed by atoms with Gasteiger partial charge in [0, 0.05) is 12.2 Å². The molecule has 0 radical (unpaired) electrons. The van der Waals surface area contributed by atoms with Crippen LogP contribution in [0, 0.1) is 0 Å². The van der Waals surface area contributed by atoms with Crippen molar-refractivity contribution in [2.24, 2.45) is 5.73 Å². The smallest absolute Gasteiger partial charge is 0.341 e. The Balaban J connectivity index is 2.36. The van der Waals surface area contributed by atoms with Crippen LogP contribution in [0.3, 0.4) is 0 Å². The Labute approximate surface area is 112 Å². The molecule has 0 saturated carbocycles. The summed E-state index contributed by atoms with van der Waals surface area (Å²) < 4.78 is 6.58. The molecular weight excluding hydrogens is 242 g/mol. The van der Waals surface area contributed by atoms with Gasteiger partial charge in [-0.25, -0.2) is 9.48 Å². The second kappa shape index (κ2) is 5.67. The highest BCUT2D eigenvalue weighted by Gasteiger charge is 2.13. The third-order valence-corrected chi connectivity index (χ3v) is 2.77. The zero-order valence-corrected chi connectivity index (χ0v) is 11.0. The molecule has 0 fully saturated rings. The van der Waals surface area contributed by atoms with Crippen LogP contribution in [-0.2, 0) is 4.74 Å². The van der Waals surface area contributed by atoms with Crippen LogP contribution < -0.4 is 5.73 Å². The van der Waals surface area contributed by atoms with Crippen molar-refractivity contribution in [3.63, 3.8) is 0 Å². The minimum absolute atomic E-state index is 0.105. The summed E-state index contributed by atoms with van der Waals surface area (Å²) in [5.41, 5.74) is 8.21. The van der Waals surface area contributed by atoms with Crippen LogP contribution in [0.15, 0.2) is 36.7 Å². The van der Waals surface area contributed by atoms with Gasteiger partial charge in [-0.15, -0.1) is 0 Å². The number of benzene rings is 1. The number of esters is 1. The number of carbonyl (C=O) groups is 1. The van der Waals surface area contributed by atoms with Crippen LogP contribution in [0.1, 0.15) is 35.8 Å².